The van der Waals surface area contributed by atoms with Gasteiger partial charge >= 0.3 is 0 Å². The topological polar surface area (TPSA) is 96.7 Å². The van der Waals surface area contributed by atoms with E-state index in [-0.39, 0.29) is 11.9 Å². The molecule has 6 nitrogen and oxygen atoms in total. The first-order chi connectivity index (χ1) is 8.16. The van der Waals surface area contributed by atoms with Crippen LogP contribution in [0.4, 0.5) is 5.69 Å². The van der Waals surface area contributed by atoms with Gasteiger partial charge in [0.25, 0.3) is 5.91 Å². The second-order valence-electron chi connectivity index (χ2n) is 3.65. The average Bonchev–Trinajstić information content (AvgIpc) is 2.83. The number of rotatable bonds is 3. The van der Waals surface area contributed by atoms with E-state index in [1.807, 2.05) is 6.92 Å². The number of pyridine rings is 1. The molecule has 0 aromatic carbocycles. The number of imidazole rings is 1. The number of nitrogens with one attached hydrogen (secondary N) is 2. The fourth-order valence-corrected chi connectivity index (χ4v) is 1.39. The van der Waals surface area contributed by atoms with Crippen LogP contribution in [0.1, 0.15) is 29.3 Å². The molecule has 0 spiro atoms. The van der Waals surface area contributed by atoms with Crippen LogP contribution in [0.15, 0.2) is 30.7 Å². The maximum absolute atomic E-state index is 11.8. The number of nitrogens with zero attached hydrogens (tertiary/aromatic N) is 2. The molecule has 2 heterocycles. The van der Waals surface area contributed by atoms with Crippen LogP contribution >= 0.6 is 0 Å². The summed E-state index contributed by atoms with van der Waals surface area (Å²) < 4.78 is 0. The van der Waals surface area contributed by atoms with Gasteiger partial charge in [0, 0.05) is 12.4 Å². The highest BCUT2D eigenvalue weighted by molar-refractivity contribution is 5.92. The number of nitrogens with two attached hydrogens (primary N) is 1. The molecule has 2 aromatic heterocycles. The van der Waals surface area contributed by atoms with Crippen LogP contribution in [0, 0.1) is 0 Å². The lowest BCUT2D eigenvalue weighted by atomic mass is 10.2. The van der Waals surface area contributed by atoms with Crippen molar-refractivity contribution in [2.45, 2.75) is 13.0 Å². The normalized spacial score (nSPS) is 12.1. The monoisotopic (exact) mass is 231 g/mol. The van der Waals surface area contributed by atoms with E-state index in [1.54, 1.807) is 24.5 Å². The SMILES string of the molecule is CC(NC(=O)c1ccc(N)cn1)c1ncc[nH]1. The fourth-order valence-electron chi connectivity index (χ4n) is 1.39. The fraction of sp³-hybridized carbons (Fsp3) is 0.182. The van der Waals surface area contributed by atoms with Crippen molar-refractivity contribution < 1.29 is 4.79 Å². The van der Waals surface area contributed by atoms with E-state index in [1.165, 1.54) is 6.20 Å². The summed E-state index contributed by atoms with van der Waals surface area (Å²) in [5, 5.41) is 2.78. The number of H-pyrrole nitrogens is 1. The van der Waals surface area contributed by atoms with Crippen LogP contribution in [-0.4, -0.2) is 20.9 Å². The lowest BCUT2D eigenvalue weighted by Crippen LogP contribution is -2.28. The third-order valence-electron chi connectivity index (χ3n) is 2.30. The molecule has 4 N–H and O–H groups in total. The van der Waals surface area contributed by atoms with E-state index < -0.39 is 0 Å². The van der Waals surface area contributed by atoms with Crippen molar-refractivity contribution in [3.05, 3.63) is 42.2 Å². The van der Waals surface area contributed by atoms with Crippen LogP contribution in [0.25, 0.3) is 0 Å². The molecule has 0 aliphatic heterocycles. The molecule has 1 atom stereocenters. The van der Waals surface area contributed by atoms with Crippen LogP contribution in [0.2, 0.25) is 0 Å². The minimum Gasteiger partial charge on any atom is -0.397 e. The quantitative estimate of drug-likeness (QED) is 0.730. The molecule has 0 bridgehead atoms. The third kappa shape index (κ3) is 2.60. The van der Waals surface area contributed by atoms with Crippen molar-refractivity contribution in [2.24, 2.45) is 0 Å². The average molecular weight is 231 g/mol. The summed E-state index contributed by atoms with van der Waals surface area (Å²) in [7, 11) is 0. The molecule has 0 saturated carbocycles. The largest absolute Gasteiger partial charge is 0.397 e. The van der Waals surface area contributed by atoms with Crippen LogP contribution < -0.4 is 11.1 Å². The number of amides is 1. The highest BCUT2D eigenvalue weighted by Crippen LogP contribution is 2.07. The van der Waals surface area contributed by atoms with Gasteiger partial charge in [-0.05, 0) is 19.1 Å². The van der Waals surface area contributed by atoms with E-state index in [4.69, 9.17) is 5.73 Å². The Kier molecular flexibility index (Phi) is 3.04. The van der Waals surface area contributed by atoms with Gasteiger partial charge in [0.1, 0.15) is 11.5 Å². The van der Waals surface area contributed by atoms with Gasteiger partial charge in [-0.15, -0.1) is 0 Å². The number of hydrogen-bond donors (Lipinski definition) is 3. The van der Waals surface area contributed by atoms with Crippen LogP contribution in [0.3, 0.4) is 0 Å². The summed E-state index contributed by atoms with van der Waals surface area (Å²) in [5.74, 6) is 0.447. The zero-order valence-electron chi connectivity index (χ0n) is 9.34. The van der Waals surface area contributed by atoms with Gasteiger partial charge in [0.15, 0.2) is 0 Å². The Balaban J connectivity index is 2.04. The first kappa shape index (κ1) is 11.1. The summed E-state index contributed by atoms with van der Waals surface area (Å²) in [6.07, 6.45) is 4.80. The highest BCUT2D eigenvalue weighted by atomic mass is 16.1. The van der Waals surface area contributed by atoms with Gasteiger partial charge in [-0.1, -0.05) is 0 Å². The second kappa shape index (κ2) is 4.65. The zero-order chi connectivity index (χ0) is 12.3. The van der Waals surface area contributed by atoms with Gasteiger partial charge in [-0.3, -0.25) is 4.79 Å². The first-order valence-electron chi connectivity index (χ1n) is 5.18. The number of hydrogen-bond acceptors (Lipinski definition) is 4. The summed E-state index contributed by atoms with van der Waals surface area (Å²) in [6, 6.07) is 3.02. The Hall–Kier alpha value is -2.37. The number of carbonyl (C=O) groups is 1. The molecule has 17 heavy (non-hydrogen) atoms. The maximum atomic E-state index is 11.8. The Bertz CT molecular complexity index is 491. The molecular formula is C11H13N5O. The van der Waals surface area contributed by atoms with Crippen LogP contribution in [-0.2, 0) is 0 Å². The minimum absolute atomic E-state index is 0.197. The Morgan fingerprint density at radius 3 is 2.88 bits per heavy atom. The van der Waals surface area contributed by atoms with E-state index in [0.29, 0.717) is 17.2 Å². The molecule has 6 heteroatoms. The van der Waals surface area contributed by atoms with Crippen molar-refractivity contribution in [3.8, 4) is 0 Å². The molecular weight excluding hydrogens is 218 g/mol. The van der Waals surface area contributed by atoms with Crippen molar-refractivity contribution in [1.29, 1.82) is 0 Å². The van der Waals surface area contributed by atoms with Crippen LogP contribution in [0.5, 0.6) is 0 Å². The van der Waals surface area contributed by atoms with Crippen molar-refractivity contribution in [3.63, 3.8) is 0 Å². The van der Waals surface area contributed by atoms with Gasteiger partial charge in [-0.25, -0.2) is 9.97 Å². The van der Waals surface area contributed by atoms with Gasteiger partial charge in [0.05, 0.1) is 17.9 Å². The van der Waals surface area contributed by atoms with E-state index in [2.05, 4.69) is 20.3 Å². The molecule has 0 aliphatic rings. The van der Waals surface area contributed by atoms with Crippen molar-refractivity contribution in [2.75, 3.05) is 5.73 Å². The molecule has 0 radical (unpaired) electrons. The van der Waals surface area contributed by atoms with E-state index in [0.717, 1.165) is 0 Å². The van der Waals surface area contributed by atoms with Crippen molar-refractivity contribution in [1.82, 2.24) is 20.3 Å². The first-order valence-corrected chi connectivity index (χ1v) is 5.18. The lowest BCUT2D eigenvalue weighted by Gasteiger charge is -2.10. The lowest BCUT2D eigenvalue weighted by molar-refractivity contribution is 0.0933. The van der Waals surface area contributed by atoms with Gasteiger partial charge in [0.2, 0.25) is 0 Å². The number of aromatic nitrogens is 3. The molecule has 2 aromatic rings. The molecule has 0 aliphatic carbocycles. The van der Waals surface area contributed by atoms with E-state index in [9.17, 15) is 4.79 Å². The smallest absolute Gasteiger partial charge is 0.270 e. The molecule has 2 rings (SSSR count). The predicted molar refractivity (Wildman–Crippen MR) is 63.1 cm³/mol. The summed E-state index contributed by atoms with van der Waals surface area (Å²) in [5.41, 5.74) is 6.36. The highest BCUT2D eigenvalue weighted by Gasteiger charge is 2.13. The maximum Gasteiger partial charge on any atom is 0.270 e. The molecule has 0 fully saturated rings. The molecule has 1 amide bonds. The third-order valence-corrected chi connectivity index (χ3v) is 2.30. The Morgan fingerprint density at radius 2 is 2.29 bits per heavy atom. The number of aromatic amines is 1. The zero-order valence-corrected chi connectivity index (χ0v) is 9.34. The number of carbonyl (C=O) groups excluding carboxylic acids is 1. The number of nitrogen functional groups attached to an aromatic ring is 1. The summed E-state index contributed by atoms with van der Waals surface area (Å²) in [4.78, 5) is 22.8. The second-order valence-corrected chi connectivity index (χ2v) is 3.65. The predicted octanol–water partition coefficient (Wildman–Crippen LogP) is 0.878. The van der Waals surface area contributed by atoms with Gasteiger partial charge in [-0.2, -0.15) is 0 Å². The summed E-state index contributed by atoms with van der Waals surface area (Å²) >= 11 is 0. The summed E-state index contributed by atoms with van der Waals surface area (Å²) in [6.45, 7) is 1.84. The van der Waals surface area contributed by atoms with Gasteiger partial charge < -0.3 is 16.0 Å². The Morgan fingerprint density at radius 1 is 1.47 bits per heavy atom. The molecule has 0 saturated heterocycles. The standard InChI is InChI=1S/C11H13N5O/c1-7(10-13-4-5-14-10)16-11(17)9-3-2-8(12)6-15-9/h2-7H,12H2,1H3,(H,13,14)(H,16,17). The Labute approximate surface area is 98.3 Å². The molecule has 1 unspecified atom stereocenters. The molecule has 88 valence electrons. The van der Waals surface area contributed by atoms with E-state index >= 15 is 0 Å². The minimum atomic E-state index is -0.256. The van der Waals surface area contributed by atoms with Crippen molar-refractivity contribution >= 4 is 11.6 Å². The number of anilines is 1.